The topological polar surface area (TPSA) is 67.8 Å². The molecule has 0 aliphatic heterocycles. The number of benzene rings is 3. The zero-order valence-electron chi connectivity index (χ0n) is 17.5. The minimum Gasteiger partial charge on any atom is -0.490 e. The number of carbonyl (C=O) groups is 1. The Bertz CT molecular complexity index is 1130. The fourth-order valence-corrected chi connectivity index (χ4v) is 3.86. The van der Waals surface area contributed by atoms with Gasteiger partial charge in [0.05, 0.1) is 17.2 Å². The largest absolute Gasteiger partial charge is 0.490 e. The summed E-state index contributed by atoms with van der Waals surface area (Å²) in [7, 11) is 0. The van der Waals surface area contributed by atoms with Crippen LogP contribution in [-0.4, -0.2) is 17.7 Å². The average molecular weight is 495 g/mol. The van der Waals surface area contributed by atoms with Crippen molar-refractivity contribution in [1.82, 2.24) is 0 Å². The van der Waals surface area contributed by atoms with Gasteiger partial charge >= 0.3 is 5.97 Å². The van der Waals surface area contributed by atoms with Crippen LogP contribution in [0.1, 0.15) is 34.0 Å². The van der Waals surface area contributed by atoms with Gasteiger partial charge < -0.3 is 19.9 Å². The highest BCUT2D eigenvalue weighted by Crippen LogP contribution is 2.38. The Balaban J connectivity index is 1.76. The second-order valence-corrected chi connectivity index (χ2v) is 8.30. The lowest BCUT2D eigenvalue weighted by Gasteiger charge is -2.17. The van der Waals surface area contributed by atoms with E-state index in [0.717, 1.165) is 22.4 Å². The average Bonchev–Trinajstić information content (AvgIpc) is 2.73. The standard InChI is InChI=1S/C24H22Cl3NO4/c1-3-31-22-10-15(12-28-21-7-5-16(24(29)30)8-14(21)2)9-20(27)23(22)32-13-17-4-6-18(25)11-19(17)26/h4-11,28H,3,12-13H2,1-2H3,(H,29,30). The van der Waals surface area contributed by atoms with Crippen LogP contribution >= 0.6 is 34.8 Å². The second-order valence-electron chi connectivity index (χ2n) is 7.05. The lowest BCUT2D eigenvalue weighted by molar-refractivity contribution is 0.0697. The highest BCUT2D eigenvalue weighted by Gasteiger charge is 2.14. The van der Waals surface area contributed by atoms with Crippen LogP contribution in [0.2, 0.25) is 15.1 Å². The maximum atomic E-state index is 11.1. The number of carboxylic acid groups (broad SMARTS) is 1. The van der Waals surface area contributed by atoms with Crippen LogP contribution < -0.4 is 14.8 Å². The van der Waals surface area contributed by atoms with Gasteiger partial charge in [0.25, 0.3) is 0 Å². The minimum absolute atomic E-state index is 0.211. The van der Waals surface area contributed by atoms with Crippen LogP contribution in [0.4, 0.5) is 5.69 Å². The molecular formula is C24H22Cl3NO4. The third kappa shape index (κ3) is 6.00. The normalized spacial score (nSPS) is 10.7. The number of aryl methyl sites for hydroxylation is 1. The molecule has 0 amide bonds. The summed E-state index contributed by atoms with van der Waals surface area (Å²) >= 11 is 18.7. The number of ether oxygens (including phenoxy) is 2. The van der Waals surface area contributed by atoms with Gasteiger partial charge in [-0.2, -0.15) is 0 Å². The molecule has 0 spiro atoms. The summed E-state index contributed by atoms with van der Waals surface area (Å²) in [6, 6.07) is 13.8. The summed E-state index contributed by atoms with van der Waals surface area (Å²) in [5.74, 6) is 0.00775. The van der Waals surface area contributed by atoms with E-state index in [-0.39, 0.29) is 12.2 Å². The molecule has 0 unspecified atom stereocenters. The van der Waals surface area contributed by atoms with E-state index in [4.69, 9.17) is 49.4 Å². The molecule has 2 N–H and O–H groups in total. The molecule has 8 heteroatoms. The summed E-state index contributed by atoms with van der Waals surface area (Å²) in [6.45, 7) is 4.86. The molecule has 0 aliphatic carbocycles. The quantitative estimate of drug-likeness (QED) is 0.328. The fraction of sp³-hybridized carbons (Fsp3) is 0.208. The number of aromatic carboxylic acids is 1. The van der Waals surface area contributed by atoms with Crippen molar-refractivity contribution >= 4 is 46.5 Å². The van der Waals surface area contributed by atoms with E-state index in [1.165, 1.54) is 0 Å². The minimum atomic E-state index is -0.955. The van der Waals surface area contributed by atoms with E-state index in [9.17, 15) is 4.79 Å². The second kappa shape index (κ2) is 10.8. The van der Waals surface area contributed by atoms with Crippen molar-refractivity contribution < 1.29 is 19.4 Å². The lowest BCUT2D eigenvalue weighted by atomic mass is 10.1. The lowest BCUT2D eigenvalue weighted by Crippen LogP contribution is -2.05. The van der Waals surface area contributed by atoms with Crippen LogP contribution in [0.15, 0.2) is 48.5 Å². The predicted molar refractivity (Wildman–Crippen MR) is 129 cm³/mol. The zero-order valence-corrected chi connectivity index (χ0v) is 19.8. The summed E-state index contributed by atoms with van der Waals surface area (Å²) in [5.41, 5.74) is 3.58. The third-order valence-corrected chi connectivity index (χ3v) is 5.58. The molecule has 3 aromatic rings. The third-order valence-electron chi connectivity index (χ3n) is 4.71. The molecule has 5 nitrogen and oxygen atoms in total. The molecule has 0 atom stereocenters. The zero-order chi connectivity index (χ0) is 23.3. The van der Waals surface area contributed by atoms with Gasteiger partial charge in [-0.3, -0.25) is 0 Å². The van der Waals surface area contributed by atoms with Crippen molar-refractivity contribution in [3.8, 4) is 11.5 Å². The Kier molecular flexibility index (Phi) is 8.13. The number of hydrogen-bond acceptors (Lipinski definition) is 4. The van der Waals surface area contributed by atoms with Crippen molar-refractivity contribution in [2.45, 2.75) is 27.0 Å². The summed E-state index contributed by atoms with van der Waals surface area (Å²) in [5, 5.41) is 13.9. The van der Waals surface area contributed by atoms with Crippen molar-refractivity contribution in [3.05, 3.63) is 85.9 Å². The Morgan fingerprint density at radius 1 is 1.00 bits per heavy atom. The molecule has 3 aromatic carbocycles. The molecule has 0 heterocycles. The van der Waals surface area contributed by atoms with E-state index < -0.39 is 5.97 Å². The molecule has 168 valence electrons. The Morgan fingerprint density at radius 2 is 1.78 bits per heavy atom. The van der Waals surface area contributed by atoms with Crippen LogP contribution in [0.3, 0.4) is 0 Å². The van der Waals surface area contributed by atoms with E-state index in [0.29, 0.717) is 39.7 Å². The van der Waals surface area contributed by atoms with Crippen LogP contribution in [0.5, 0.6) is 11.5 Å². The Morgan fingerprint density at radius 3 is 2.44 bits per heavy atom. The SMILES string of the molecule is CCOc1cc(CNc2ccc(C(=O)O)cc2C)cc(Cl)c1OCc1ccc(Cl)cc1Cl. The highest BCUT2D eigenvalue weighted by atomic mass is 35.5. The van der Waals surface area contributed by atoms with E-state index in [1.54, 1.807) is 42.5 Å². The smallest absolute Gasteiger partial charge is 0.335 e. The van der Waals surface area contributed by atoms with Crippen molar-refractivity contribution in [1.29, 1.82) is 0 Å². The van der Waals surface area contributed by atoms with Gasteiger partial charge in [-0.1, -0.05) is 40.9 Å². The summed E-state index contributed by atoms with van der Waals surface area (Å²) in [4.78, 5) is 11.1. The van der Waals surface area contributed by atoms with Crippen molar-refractivity contribution in [3.63, 3.8) is 0 Å². The van der Waals surface area contributed by atoms with Crippen molar-refractivity contribution in [2.24, 2.45) is 0 Å². The summed E-state index contributed by atoms with van der Waals surface area (Å²) < 4.78 is 11.7. The molecule has 0 bridgehead atoms. The van der Waals surface area contributed by atoms with E-state index >= 15 is 0 Å². The first-order valence-corrected chi connectivity index (χ1v) is 11.0. The maximum Gasteiger partial charge on any atom is 0.335 e. The number of anilines is 1. The number of hydrogen-bond donors (Lipinski definition) is 2. The Labute approximate surface area is 201 Å². The van der Waals surface area contributed by atoms with Crippen LogP contribution in [0.25, 0.3) is 0 Å². The van der Waals surface area contributed by atoms with Crippen molar-refractivity contribution in [2.75, 3.05) is 11.9 Å². The molecule has 0 saturated carbocycles. The number of rotatable bonds is 9. The molecule has 3 rings (SSSR count). The number of nitrogens with one attached hydrogen (secondary N) is 1. The molecule has 0 fully saturated rings. The van der Waals surface area contributed by atoms with Gasteiger partial charge in [0.2, 0.25) is 0 Å². The van der Waals surface area contributed by atoms with E-state index in [2.05, 4.69) is 5.32 Å². The van der Waals surface area contributed by atoms with Crippen LogP contribution in [-0.2, 0) is 13.2 Å². The molecular weight excluding hydrogens is 473 g/mol. The van der Waals surface area contributed by atoms with Gasteiger partial charge in [-0.25, -0.2) is 4.79 Å². The molecule has 32 heavy (non-hydrogen) atoms. The van der Waals surface area contributed by atoms with Crippen LogP contribution in [0, 0.1) is 6.92 Å². The predicted octanol–water partition coefficient (Wildman–Crippen LogP) is 7.24. The van der Waals surface area contributed by atoms with Gasteiger partial charge in [-0.15, -0.1) is 0 Å². The molecule has 0 radical (unpaired) electrons. The van der Waals surface area contributed by atoms with Gasteiger partial charge in [0.15, 0.2) is 11.5 Å². The van der Waals surface area contributed by atoms with E-state index in [1.807, 2.05) is 19.9 Å². The number of halogens is 3. The molecule has 0 aliphatic rings. The first-order valence-electron chi connectivity index (χ1n) is 9.88. The molecule has 0 saturated heterocycles. The first-order chi connectivity index (χ1) is 15.3. The van der Waals surface area contributed by atoms with Gasteiger partial charge in [-0.05, 0) is 67.4 Å². The van der Waals surface area contributed by atoms with Gasteiger partial charge in [0, 0.05) is 27.8 Å². The fourth-order valence-electron chi connectivity index (χ4n) is 3.11. The highest BCUT2D eigenvalue weighted by molar-refractivity contribution is 6.35. The Hall–Kier alpha value is -2.60. The monoisotopic (exact) mass is 493 g/mol. The molecule has 0 aromatic heterocycles. The first kappa shape index (κ1) is 24.1. The number of carboxylic acids is 1. The summed E-state index contributed by atoms with van der Waals surface area (Å²) in [6.07, 6.45) is 0. The van der Waals surface area contributed by atoms with Gasteiger partial charge in [0.1, 0.15) is 6.61 Å². The maximum absolute atomic E-state index is 11.1.